The molecule has 5 nitrogen and oxygen atoms in total. The maximum Gasteiger partial charge on any atom is 0.255 e. The van der Waals surface area contributed by atoms with Crippen LogP contribution in [0, 0.1) is 5.82 Å². The molecule has 0 saturated carbocycles. The fourth-order valence-corrected chi connectivity index (χ4v) is 2.28. The zero-order valence-electron chi connectivity index (χ0n) is 11.4. The topological polar surface area (TPSA) is 70.6 Å². The molecule has 1 aromatic rings. The second-order valence-electron chi connectivity index (χ2n) is 5.29. The summed E-state index contributed by atoms with van der Waals surface area (Å²) in [6.45, 7) is 4.98. The molecule has 0 spiro atoms. The molecule has 1 atom stereocenters. The van der Waals surface area contributed by atoms with E-state index in [9.17, 15) is 14.3 Å². The molecule has 2 rings (SSSR count). The predicted molar refractivity (Wildman–Crippen MR) is 77.6 cm³/mol. The Morgan fingerprint density at radius 3 is 2.90 bits per heavy atom. The first-order chi connectivity index (χ1) is 9.20. The zero-order valence-corrected chi connectivity index (χ0v) is 13.0. The van der Waals surface area contributed by atoms with E-state index in [0.29, 0.717) is 22.5 Å². The molecule has 1 unspecified atom stereocenters. The molecule has 1 aromatic carbocycles. The van der Waals surface area contributed by atoms with Gasteiger partial charge in [-0.1, -0.05) is 0 Å². The average molecular weight is 347 g/mol. The minimum atomic E-state index is -1.60. The van der Waals surface area contributed by atoms with E-state index in [0.717, 1.165) is 0 Å². The van der Waals surface area contributed by atoms with Crippen molar-refractivity contribution >= 4 is 33.2 Å². The van der Waals surface area contributed by atoms with E-state index >= 15 is 0 Å². The number of amides is 1. The van der Waals surface area contributed by atoms with E-state index in [1.54, 1.807) is 0 Å². The monoisotopic (exact) mass is 346 g/mol. The highest BCUT2D eigenvalue weighted by molar-refractivity contribution is 9.10. The SMILES string of the molecule is CC1COc2c(Br)cc(F)c(NC(=O)C(C)(C)O)c2N1. The summed E-state index contributed by atoms with van der Waals surface area (Å²) in [4.78, 5) is 11.8. The maximum absolute atomic E-state index is 14.1. The lowest BCUT2D eigenvalue weighted by molar-refractivity contribution is -0.130. The average Bonchev–Trinajstić information content (AvgIpc) is 2.32. The molecule has 20 heavy (non-hydrogen) atoms. The van der Waals surface area contributed by atoms with E-state index < -0.39 is 17.3 Å². The minimum Gasteiger partial charge on any atom is -0.488 e. The van der Waals surface area contributed by atoms with Crippen molar-refractivity contribution in [1.82, 2.24) is 0 Å². The molecule has 110 valence electrons. The third-order valence-corrected chi connectivity index (χ3v) is 3.44. The number of hydrogen-bond acceptors (Lipinski definition) is 4. The number of rotatable bonds is 2. The predicted octanol–water partition coefficient (Wildman–Crippen LogP) is 2.49. The van der Waals surface area contributed by atoms with Gasteiger partial charge in [-0.25, -0.2) is 4.39 Å². The van der Waals surface area contributed by atoms with Crippen LogP contribution in [0.5, 0.6) is 5.75 Å². The Hall–Kier alpha value is -1.34. The number of nitrogens with one attached hydrogen (secondary N) is 2. The van der Waals surface area contributed by atoms with Crippen LogP contribution in [-0.4, -0.2) is 29.3 Å². The molecule has 1 amide bonds. The van der Waals surface area contributed by atoms with E-state index in [1.165, 1.54) is 19.9 Å². The lowest BCUT2D eigenvalue weighted by Gasteiger charge is -2.28. The van der Waals surface area contributed by atoms with Crippen molar-refractivity contribution in [3.63, 3.8) is 0 Å². The molecule has 0 radical (unpaired) electrons. The van der Waals surface area contributed by atoms with Crippen LogP contribution in [-0.2, 0) is 4.79 Å². The van der Waals surface area contributed by atoms with Gasteiger partial charge in [-0.15, -0.1) is 0 Å². The summed E-state index contributed by atoms with van der Waals surface area (Å²) in [6.07, 6.45) is 0. The van der Waals surface area contributed by atoms with Crippen molar-refractivity contribution in [3.05, 3.63) is 16.4 Å². The van der Waals surface area contributed by atoms with Gasteiger partial charge in [0, 0.05) is 0 Å². The maximum atomic E-state index is 14.1. The third kappa shape index (κ3) is 2.88. The number of hydrogen-bond donors (Lipinski definition) is 3. The number of fused-ring (bicyclic) bond motifs is 1. The molecule has 7 heteroatoms. The molecule has 1 heterocycles. The van der Waals surface area contributed by atoms with Gasteiger partial charge in [0.2, 0.25) is 0 Å². The lowest BCUT2D eigenvalue weighted by Crippen LogP contribution is -2.38. The van der Waals surface area contributed by atoms with Gasteiger partial charge in [0.05, 0.1) is 10.5 Å². The van der Waals surface area contributed by atoms with Crippen LogP contribution in [0.15, 0.2) is 10.5 Å². The summed E-state index contributed by atoms with van der Waals surface area (Å²) < 4.78 is 20.1. The number of ether oxygens (including phenoxy) is 1. The highest BCUT2D eigenvalue weighted by Crippen LogP contribution is 2.43. The van der Waals surface area contributed by atoms with Crippen molar-refractivity contribution in [3.8, 4) is 5.75 Å². The smallest absolute Gasteiger partial charge is 0.255 e. The number of halogens is 2. The molecule has 3 N–H and O–H groups in total. The van der Waals surface area contributed by atoms with Crippen molar-refractivity contribution in [2.24, 2.45) is 0 Å². The van der Waals surface area contributed by atoms with Crippen LogP contribution in [0.2, 0.25) is 0 Å². The fourth-order valence-electron chi connectivity index (χ4n) is 1.77. The summed E-state index contributed by atoms with van der Waals surface area (Å²) in [5.41, 5.74) is -1.26. The van der Waals surface area contributed by atoms with Gasteiger partial charge in [-0.3, -0.25) is 4.79 Å². The van der Waals surface area contributed by atoms with Crippen LogP contribution in [0.3, 0.4) is 0 Å². The van der Waals surface area contributed by atoms with Crippen LogP contribution < -0.4 is 15.4 Å². The molecule has 0 aromatic heterocycles. The summed E-state index contributed by atoms with van der Waals surface area (Å²) in [5.74, 6) is -0.866. The van der Waals surface area contributed by atoms with Crippen LogP contribution in [0.25, 0.3) is 0 Å². The van der Waals surface area contributed by atoms with Gasteiger partial charge in [-0.05, 0) is 42.8 Å². The van der Waals surface area contributed by atoms with Crippen molar-refractivity contribution in [2.75, 3.05) is 17.2 Å². The largest absolute Gasteiger partial charge is 0.488 e. The second-order valence-corrected chi connectivity index (χ2v) is 6.14. The van der Waals surface area contributed by atoms with Crippen molar-refractivity contribution in [1.29, 1.82) is 0 Å². The molecule has 0 saturated heterocycles. The Balaban J connectivity index is 2.45. The van der Waals surface area contributed by atoms with Gasteiger partial charge in [0.15, 0.2) is 5.75 Å². The molecule has 0 bridgehead atoms. The van der Waals surface area contributed by atoms with Gasteiger partial charge in [0.1, 0.15) is 29.4 Å². The Morgan fingerprint density at radius 2 is 2.30 bits per heavy atom. The highest BCUT2D eigenvalue weighted by atomic mass is 79.9. The number of anilines is 2. The molecule has 0 fully saturated rings. The first kappa shape index (κ1) is 15.1. The lowest BCUT2D eigenvalue weighted by atomic mass is 10.1. The normalized spacial score (nSPS) is 17.8. The van der Waals surface area contributed by atoms with Crippen LogP contribution in [0.4, 0.5) is 15.8 Å². The van der Waals surface area contributed by atoms with Crippen LogP contribution >= 0.6 is 15.9 Å². The summed E-state index contributed by atoms with van der Waals surface area (Å²) in [5, 5.41) is 15.1. The second kappa shape index (κ2) is 5.21. The minimum absolute atomic E-state index is 0.0195. The fraction of sp³-hybridized carbons (Fsp3) is 0.462. The molecular formula is C13H16BrFN2O3. The van der Waals surface area contributed by atoms with Crippen molar-refractivity contribution in [2.45, 2.75) is 32.4 Å². The number of aliphatic hydroxyl groups is 1. The molecular weight excluding hydrogens is 331 g/mol. The van der Waals surface area contributed by atoms with E-state index in [1.807, 2.05) is 6.92 Å². The van der Waals surface area contributed by atoms with Gasteiger partial charge < -0.3 is 20.5 Å². The Labute approximate surface area is 124 Å². The standard InChI is InChI=1S/C13H16BrFN2O3/c1-6-5-20-11-7(14)4-8(15)9(10(11)16-6)17-12(18)13(2,3)19/h4,6,16,19H,5H2,1-3H3,(H,17,18). The van der Waals surface area contributed by atoms with E-state index in [2.05, 4.69) is 26.6 Å². The number of carbonyl (C=O) groups excluding carboxylic acids is 1. The number of benzene rings is 1. The van der Waals surface area contributed by atoms with Crippen molar-refractivity contribution < 1.29 is 19.0 Å². The Kier molecular flexibility index (Phi) is 3.93. The first-order valence-corrected chi connectivity index (χ1v) is 6.94. The third-order valence-electron chi connectivity index (χ3n) is 2.85. The van der Waals surface area contributed by atoms with E-state index in [4.69, 9.17) is 4.74 Å². The number of carbonyl (C=O) groups is 1. The van der Waals surface area contributed by atoms with Gasteiger partial charge >= 0.3 is 0 Å². The first-order valence-electron chi connectivity index (χ1n) is 6.15. The molecule has 0 aliphatic carbocycles. The summed E-state index contributed by atoms with van der Waals surface area (Å²) in [6, 6.07) is 1.20. The highest BCUT2D eigenvalue weighted by Gasteiger charge is 2.29. The summed E-state index contributed by atoms with van der Waals surface area (Å²) in [7, 11) is 0. The van der Waals surface area contributed by atoms with Gasteiger partial charge in [0.25, 0.3) is 5.91 Å². The molecule has 1 aliphatic heterocycles. The Bertz CT molecular complexity index is 558. The summed E-state index contributed by atoms with van der Waals surface area (Å²) >= 11 is 3.23. The molecule has 1 aliphatic rings. The zero-order chi connectivity index (χ0) is 15.1. The van der Waals surface area contributed by atoms with Crippen LogP contribution in [0.1, 0.15) is 20.8 Å². The van der Waals surface area contributed by atoms with E-state index in [-0.39, 0.29) is 11.7 Å². The Morgan fingerprint density at radius 1 is 1.65 bits per heavy atom. The van der Waals surface area contributed by atoms with Gasteiger partial charge in [-0.2, -0.15) is 0 Å². The quantitative estimate of drug-likeness (QED) is 0.769.